The van der Waals surface area contributed by atoms with Crippen LogP contribution >= 0.6 is 0 Å². The molecule has 0 spiro atoms. The summed E-state index contributed by atoms with van der Waals surface area (Å²) in [5, 5.41) is 2.82. The molecule has 0 heterocycles. The molecule has 0 aromatic rings. The van der Waals surface area contributed by atoms with Gasteiger partial charge in [-0.3, -0.25) is 9.69 Å². The molecule has 15 heavy (non-hydrogen) atoms. The molecule has 88 valence electrons. The van der Waals surface area contributed by atoms with E-state index in [2.05, 4.69) is 10.2 Å². The normalized spacial score (nSPS) is 25.9. The van der Waals surface area contributed by atoms with Crippen LogP contribution in [0.4, 0.5) is 0 Å². The fourth-order valence-electron chi connectivity index (χ4n) is 2.47. The van der Waals surface area contributed by atoms with Gasteiger partial charge in [-0.2, -0.15) is 0 Å². The molecule has 1 fully saturated rings. The summed E-state index contributed by atoms with van der Waals surface area (Å²) in [6.07, 6.45) is 3.63. The van der Waals surface area contributed by atoms with Gasteiger partial charge in [0.1, 0.15) is 0 Å². The van der Waals surface area contributed by atoms with Gasteiger partial charge in [0.2, 0.25) is 5.91 Å². The number of hydrogen-bond acceptors (Lipinski definition) is 3. The van der Waals surface area contributed by atoms with Crippen LogP contribution in [0.25, 0.3) is 0 Å². The summed E-state index contributed by atoms with van der Waals surface area (Å²) in [6.45, 7) is 3.88. The van der Waals surface area contributed by atoms with E-state index in [4.69, 9.17) is 5.73 Å². The van der Waals surface area contributed by atoms with E-state index < -0.39 is 0 Å². The van der Waals surface area contributed by atoms with Crippen molar-refractivity contribution >= 4 is 5.91 Å². The van der Waals surface area contributed by atoms with Crippen LogP contribution in [0.2, 0.25) is 0 Å². The average molecular weight is 213 g/mol. The highest BCUT2D eigenvalue weighted by atomic mass is 16.2. The van der Waals surface area contributed by atoms with Crippen LogP contribution < -0.4 is 11.1 Å². The molecule has 4 heteroatoms. The molecule has 0 bridgehead atoms. The third kappa shape index (κ3) is 3.47. The van der Waals surface area contributed by atoms with Crippen molar-refractivity contribution in [3.8, 4) is 0 Å². The third-order valence-electron chi connectivity index (χ3n) is 3.25. The summed E-state index contributed by atoms with van der Waals surface area (Å²) in [4.78, 5) is 13.6. The Labute approximate surface area is 92.2 Å². The molecular formula is C11H23N3O. The molecule has 4 nitrogen and oxygen atoms in total. The van der Waals surface area contributed by atoms with E-state index in [0.29, 0.717) is 25.0 Å². The van der Waals surface area contributed by atoms with Crippen molar-refractivity contribution in [3.05, 3.63) is 0 Å². The fraction of sp³-hybridized carbons (Fsp3) is 0.909. The van der Waals surface area contributed by atoms with E-state index in [-0.39, 0.29) is 5.91 Å². The molecule has 0 saturated heterocycles. The van der Waals surface area contributed by atoms with E-state index in [9.17, 15) is 4.79 Å². The van der Waals surface area contributed by atoms with Gasteiger partial charge in [-0.15, -0.1) is 0 Å². The maximum Gasteiger partial charge on any atom is 0.234 e. The summed E-state index contributed by atoms with van der Waals surface area (Å²) >= 11 is 0. The number of hydrogen-bond donors (Lipinski definition) is 2. The summed E-state index contributed by atoms with van der Waals surface area (Å²) < 4.78 is 0. The summed E-state index contributed by atoms with van der Waals surface area (Å²) in [5.74, 6) is 0.687. The monoisotopic (exact) mass is 213 g/mol. The maximum atomic E-state index is 11.4. The lowest BCUT2D eigenvalue weighted by Gasteiger charge is -2.28. The first-order valence-corrected chi connectivity index (χ1v) is 5.86. The van der Waals surface area contributed by atoms with Gasteiger partial charge < -0.3 is 11.1 Å². The summed E-state index contributed by atoms with van der Waals surface area (Å²) in [5.41, 5.74) is 5.72. The Morgan fingerprint density at radius 1 is 1.53 bits per heavy atom. The minimum atomic E-state index is 0.114. The number of nitrogens with two attached hydrogens (primary N) is 1. The van der Waals surface area contributed by atoms with Crippen LogP contribution in [0.15, 0.2) is 0 Å². The van der Waals surface area contributed by atoms with Gasteiger partial charge in [0.25, 0.3) is 0 Å². The van der Waals surface area contributed by atoms with Crippen molar-refractivity contribution in [1.82, 2.24) is 10.2 Å². The van der Waals surface area contributed by atoms with Crippen LogP contribution in [-0.2, 0) is 4.79 Å². The molecule has 0 radical (unpaired) electrons. The first-order chi connectivity index (χ1) is 7.19. The van der Waals surface area contributed by atoms with E-state index in [1.807, 2.05) is 14.0 Å². The highest BCUT2D eigenvalue weighted by molar-refractivity contribution is 5.77. The van der Waals surface area contributed by atoms with E-state index in [0.717, 1.165) is 6.54 Å². The second-order valence-electron chi connectivity index (χ2n) is 4.36. The SMILES string of the molecule is CCNC(=O)CN(C)C1CCCC1CN. The van der Waals surface area contributed by atoms with Gasteiger partial charge in [0, 0.05) is 12.6 Å². The third-order valence-corrected chi connectivity index (χ3v) is 3.25. The number of carbonyl (C=O) groups excluding carboxylic acids is 1. The number of carbonyl (C=O) groups is 1. The van der Waals surface area contributed by atoms with E-state index >= 15 is 0 Å². The summed E-state index contributed by atoms with van der Waals surface area (Å²) in [6, 6.07) is 0.498. The molecule has 1 aliphatic rings. The van der Waals surface area contributed by atoms with Crippen LogP contribution in [0.5, 0.6) is 0 Å². The Kier molecular flexibility index (Phi) is 5.05. The van der Waals surface area contributed by atoms with Crippen molar-refractivity contribution in [1.29, 1.82) is 0 Å². The number of amides is 1. The standard InChI is InChI=1S/C11H23N3O/c1-3-13-11(15)8-14(2)10-6-4-5-9(10)7-12/h9-10H,3-8,12H2,1-2H3,(H,13,15). The first kappa shape index (κ1) is 12.5. The molecule has 0 aromatic carbocycles. The molecular weight excluding hydrogens is 190 g/mol. The molecule has 1 saturated carbocycles. The zero-order valence-electron chi connectivity index (χ0n) is 9.83. The van der Waals surface area contributed by atoms with Crippen molar-refractivity contribution in [3.63, 3.8) is 0 Å². The first-order valence-electron chi connectivity index (χ1n) is 5.86. The second-order valence-corrected chi connectivity index (χ2v) is 4.36. The highest BCUT2D eigenvalue weighted by Crippen LogP contribution is 2.28. The maximum absolute atomic E-state index is 11.4. The second kappa shape index (κ2) is 6.08. The minimum Gasteiger partial charge on any atom is -0.355 e. The predicted octanol–water partition coefficient (Wildman–Crippen LogP) is 0.182. The summed E-state index contributed by atoms with van der Waals surface area (Å²) in [7, 11) is 2.02. The molecule has 2 atom stereocenters. The largest absolute Gasteiger partial charge is 0.355 e. The van der Waals surface area contributed by atoms with E-state index in [1.165, 1.54) is 19.3 Å². The minimum absolute atomic E-state index is 0.114. The lowest BCUT2D eigenvalue weighted by atomic mass is 10.0. The van der Waals surface area contributed by atoms with Crippen molar-refractivity contribution in [2.45, 2.75) is 32.2 Å². The van der Waals surface area contributed by atoms with Crippen molar-refractivity contribution in [2.24, 2.45) is 11.7 Å². The van der Waals surface area contributed by atoms with Gasteiger partial charge in [-0.1, -0.05) is 6.42 Å². The van der Waals surface area contributed by atoms with Gasteiger partial charge in [0.05, 0.1) is 6.54 Å². The number of likely N-dealkylation sites (N-methyl/N-ethyl adjacent to an activating group) is 2. The Bertz CT molecular complexity index is 208. The quantitative estimate of drug-likeness (QED) is 0.685. The van der Waals surface area contributed by atoms with Gasteiger partial charge >= 0.3 is 0 Å². The number of nitrogens with zero attached hydrogens (tertiary/aromatic N) is 1. The number of nitrogens with one attached hydrogen (secondary N) is 1. The Balaban J connectivity index is 2.38. The number of rotatable bonds is 5. The zero-order valence-corrected chi connectivity index (χ0v) is 9.83. The van der Waals surface area contributed by atoms with Gasteiger partial charge in [-0.25, -0.2) is 0 Å². The molecule has 0 aromatic heterocycles. The highest BCUT2D eigenvalue weighted by Gasteiger charge is 2.29. The Hall–Kier alpha value is -0.610. The van der Waals surface area contributed by atoms with Gasteiger partial charge in [-0.05, 0) is 39.3 Å². The van der Waals surface area contributed by atoms with Crippen LogP contribution in [0.3, 0.4) is 0 Å². The Morgan fingerprint density at radius 3 is 2.87 bits per heavy atom. The van der Waals surface area contributed by atoms with Crippen molar-refractivity contribution in [2.75, 3.05) is 26.7 Å². The fourth-order valence-corrected chi connectivity index (χ4v) is 2.47. The molecule has 1 rings (SSSR count). The molecule has 3 N–H and O–H groups in total. The van der Waals surface area contributed by atoms with Gasteiger partial charge in [0.15, 0.2) is 0 Å². The predicted molar refractivity (Wildman–Crippen MR) is 61.5 cm³/mol. The lowest BCUT2D eigenvalue weighted by molar-refractivity contribution is -0.122. The lowest BCUT2D eigenvalue weighted by Crippen LogP contribution is -2.43. The van der Waals surface area contributed by atoms with Crippen LogP contribution in [0, 0.1) is 5.92 Å². The van der Waals surface area contributed by atoms with Crippen molar-refractivity contribution < 1.29 is 4.79 Å². The Morgan fingerprint density at radius 2 is 2.27 bits per heavy atom. The average Bonchev–Trinajstić information content (AvgIpc) is 2.65. The smallest absolute Gasteiger partial charge is 0.234 e. The molecule has 1 amide bonds. The molecule has 0 aliphatic heterocycles. The van der Waals surface area contributed by atoms with E-state index in [1.54, 1.807) is 0 Å². The molecule has 2 unspecified atom stereocenters. The molecule has 1 aliphatic carbocycles. The van der Waals surface area contributed by atoms with Crippen LogP contribution in [-0.4, -0.2) is 43.5 Å². The topological polar surface area (TPSA) is 58.4 Å². The van der Waals surface area contributed by atoms with Crippen LogP contribution in [0.1, 0.15) is 26.2 Å². The zero-order chi connectivity index (χ0) is 11.3.